The molecule has 0 bridgehead atoms. The molecule has 0 amide bonds. The van der Waals surface area contributed by atoms with Crippen LogP contribution in [0.5, 0.6) is 23.0 Å². The van der Waals surface area contributed by atoms with Gasteiger partial charge in [0.1, 0.15) is 28.6 Å². The third-order valence-electron chi connectivity index (χ3n) is 7.18. The van der Waals surface area contributed by atoms with Crippen molar-refractivity contribution in [2.24, 2.45) is 5.92 Å². The zero-order chi connectivity index (χ0) is 27.4. The Bertz CT molecular complexity index is 1410. The first-order chi connectivity index (χ1) is 18.8. The number of nitrogens with zero attached hydrogens (tertiary/aromatic N) is 1. The number of rotatable bonds is 8. The van der Waals surface area contributed by atoms with E-state index in [0.717, 1.165) is 6.54 Å². The fourth-order valence-electron chi connectivity index (χ4n) is 4.91. The summed E-state index contributed by atoms with van der Waals surface area (Å²) in [6, 6.07) is 28.6. The Labute approximate surface area is 238 Å². The van der Waals surface area contributed by atoms with Crippen LogP contribution < -0.4 is 9.47 Å². The number of benzene rings is 4. The lowest BCUT2D eigenvalue weighted by Crippen LogP contribution is -2.53. The molecule has 1 fully saturated rings. The monoisotopic (exact) mass is 561 g/mol. The molecule has 0 spiro atoms. The minimum absolute atomic E-state index is 0.102. The number of ketones is 1. The third kappa shape index (κ3) is 6.29. The molecule has 5 rings (SSSR count). The molecule has 4 aromatic rings. The van der Waals surface area contributed by atoms with Crippen molar-refractivity contribution in [3.63, 3.8) is 0 Å². The molecule has 0 radical (unpaired) electrons. The van der Waals surface area contributed by atoms with Crippen LogP contribution in [0.1, 0.15) is 29.3 Å². The molecule has 2 atom stereocenters. The van der Waals surface area contributed by atoms with Gasteiger partial charge in [0.05, 0.1) is 5.92 Å². The predicted molar refractivity (Wildman–Crippen MR) is 154 cm³/mol. The van der Waals surface area contributed by atoms with E-state index in [0.29, 0.717) is 63.7 Å². The number of carbonyl (C=O) groups is 1. The number of ether oxygens (including phenoxy) is 2. The van der Waals surface area contributed by atoms with Crippen molar-refractivity contribution in [3.8, 4) is 23.0 Å². The number of likely N-dealkylation sites (tertiary alicyclic amines) is 1. The Morgan fingerprint density at radius 2 is 1.23 bits per heavy atom. The van der Waals surface area contributed by atoms with Crippen molar-refractivity contribution >= 4 is 29.0 Å². The molecule has 1 N–H and O–H groups in total. The van der Waals surface area contributed by atoms with E-state index in [2.05, 4.69) is 11.8 Å². The van der Waals surface area contributed by atoms with Crippen molar-refractivity contribution in [2.75, 3.05) is 19.6 Å². The Kier molecular flexibility index (Phi) is 8.24. The van der Waals surface area contributed by atoms with Gasteiger partial charge in [-0.15, -0.1) is 0 Å². The molecule has 1 aliphatic heterocycles. The quantitative estimate of drug-likeness (QED) is 0.221. The first-order valence-electron chi connectivity index (χ1n) is 12.9. The van der Waals surface area contributed by atoms with E-state index in [9.17, 15) is 9.90 Å². The number of aliphatic hydroxyl groups is 1. The van der Waals surface area contributed by atoms with Gasteiger partial charge in [-0.2, -0.15) is 0 Å². The van der Waals surface area contributed by atoms with Crippen LogP contribution in [0, 0.1) is 5.92 Å². The highest BCUT2D eigenvalue weighted by atomic mass is 35.5. The highest BCUT2D eigenvalue weighted by molar-refractivity contribution is 6.30. The lowest BCUT2D eigenvalue weighted by molar-refractivity contribution is -0.0632. The molecule has 1 heterocycles. The summed E-state index contributed by atoms with van der Waals surface area (Å²) in [5.74, 6) is 1.84. The van der Waals surface area contributed by atoms with Gasteiger partial charge in [0.25, 0.3) is 0 Å². The predicted octanol–water partition coefficient (Wildman–Crippen LogP) is 7.99. The average Bonchev–Trinajstić information content (AvgIpc) is 2.96. The number of halogens is 2. The number of hydrogen-bond acceptors (Lipinski definition) is 5. The molecular weight excluding hydrogens is 533 g/mol. The minimum Gasteiger partial charge on any atom is -0.457 e. The summed E-state index contributed by atoms with van der Waals surface area (Å²) in [6.45, 7) is 4.05. The summed E-state index contributed by atoms with van der Waals surface area (Å²) in [7, 11) is 0. The zero-order valence-corrected chi connectivity index (χ0v) is 23.0. The summed E-state index contributed by atoms with van der Waals surface area (Å²) < 4.78 is 11.8. The largest absolute Gasteiger partial charge is 0.457 e. The molecule has 39 heavy (non-hydrogen) atoms. The second-order valence-electron chi connectivity index (χ2n) is 9.65. The minimum atomic E-state index is -1.31. The lowest BCUT2D eigenvalue weighted by Gasteiger charge is -2.44. The van der Waals surface area contributed by atoms with E-state index in [-0.39, 0.29) is 5.78 Å². The molecule has 200 valence electrons. The summed E-state index contributed by atoms with van der Waals surface area (Å²) in [5.41, 5.74) is -0.0784. The standard InChI is InChI=1S/C32H29Cl2NO4/c1-2-35-20-19-32(37,23-5-13-27(14-6-23)39-29-17-9-25(34)10-18-29)30(21-35)31(36)22-3-11-26(12-4-22)38-28-15-7-24(33)8-16-28/h3-18,30,37H,2,19-21H2,1H3/t30-,32+/m0/s1. The fraction of sp³-hybridized carbons (Fsp3) is 0.219. The van der Waals surface area contributed by atoms with Gasteiger partial charge in [-0.05, 0) is 103 Å². The van der Waals surface area contributed by atoms with Crippen LogP contribution in [-0.4, -0.2) is 35.4 Å². The van der Waals surface area contributed by atoms with Crippen molar-refractivity contribution in [1.82, 2.24) is 4.90 Å². The molecule has 0 aromatic heterocycles. The van der Waals surface area contributed by atoms with E-state index in [1.54, 1.807) is 72.8 Å². The van der Waals surface area contributed by atoms with Crippen molar-refractivity contribution in [2.45, 2.75) is 18.9 Å². The molecule has 5 nitrogen and oxygen atoms in total. The van der Waals surface area contributed by atoms with Gasteiger partial charge in [-0.1, -0.05) is 42.3 Å². The molecule has 0 saturated carbocycles. The van der Waals surface area contributed by atoms with Crippen molar-refractivity contribution in [1.29, 1.82) is 0 Å². The van der Waals surface area contributed by atoms with Gasteiger partial charge in [-0.3, -0.25) is 4.79 Å². The first-order valence-corrected chi connectivity index (χ1v) is 13.7. The molecule has 0 unspecified atom stereocenters. The Morgan fingerprint density at radius 3 is 1.69 bits per heavy atom. The summed E-state index contributed by atoms with van der Waals surface area (Å²) >= 11 is 11.9. The van der Waals surface area contributed by atoms with E-state index in [4.69, 9.17) is 32.7 Å². The molecule has 1 saturated heterocycles. The van der Waals surface area contributed by atoms with Gasteiger partial charge in [-0.25, -0.2) is 0 Å². The average molecular weight is 562 g/mol. The van der Waals surface area contributed by atoms with Crippen LogP contribution in [0.25, 0.3) is 0 Å². The smallest absolute Gasteiger partial charge is 0.170 e. The Morgan fingerprint density at radius 1 is 0.795 bits per heavy atom. The fourth-order valence-corrected chi connectivity index (χ4v) is 5.17. The highest BCUT2D eigenvalue weighted by Gasteiger charge is 2.46. The van der Waals surface area contributed by atoms with E-state index in [1.807, 2.05) is 24.3 Å². The van der Waals surface area contributed by atoms with Crippen LogP contribution in [0.4, 0.5) is 0 Å². The Balaban J connectivity index is 1.35. The summed E-state index contributed by atoms with van der Waals surface area (Å²) in [5, 5.41) is 13.3. The lowest BCUT2D eigenvalue weighted by atomic mass is 9.72. The topological polar surface area (TPSA) is 59.0 Å². The summed E-state index contributed by atoms with van der Waals surface area (Å²) in [6.07, 6.45) is 0.451. The van der Waals surface area contributed by atoms with Crippen molar-refractivity contribution < 1.29 is 19.4 Å². The SMILES string of the molecule is CCN1CC[C@@](O)(c2ccc(Oc3ccc(Cl)cc3)cc2)[C@H](C(=O)c2ccc(Oc3ccc(Cl)cc3)cc2)C1. The van der Waals surface area contributed by atoms with Crippen LogP contribution in [0.2, 0.25) is 10.0 Å². The number of hydrogen-bond donors (Lipinski definition) is 1. The van der Waals surface area contributed by atoms with E-state index >= 15 is 0 Å². The van der Waals surface area contributed by atoms with Gasteiger partial charge >= 0.3 is 0 Å². The van der Waals surface area contributed by atoms with Gasteiger partial charge in [0, 0.05) is 28.7 Å². The maximum absolute atomic E-state index is 13.8. The number of piperidine rings is 1. The van der Waals surface area contributed by atoms with Crippen LogP contribution in [0.3, 0.4) is 0 Å². The van der Waals surface area contributed by atoms with Crippen LogP contribution in [0.15, 0.2) is 97.1 Å². The van der Waals surface area contributed by atoms with Crippen LogP contribution in [-0.2, 0) is 5.60 Å². The summed E-state index contributed by atoms with van der Waals surface area (Å²) in [4.78, 5) is 16.0. The maximum Gasteiger partial charge on any atom is 0.170 e. The van der Waals surface area contributed by atoms with Gasteiger partial charge in [0.15, 0.2) is 5.78 Å². The Hall–Kier alpha value is -3.35. The second kappa shape index (κ2) is 11.8. The number of Topliss-reactive ketones (excluding diaryl/α,β-unsaturated/α-hetero) is 1. The van der Waals surface area contributed by atoms with Crippen molar-refractivity contribution in [3.05, 3.63) is 118 Å². The maximum atomic E-state index is 13.8. The molecule has 0 aliphatic carbocycles. The van der Waals surface area contributed by atoms with Crippen LogP contribution >= 0.6 is 23.2 Å². The van der Waals surface area contributed by atoms with Gasteiger partial charge in [0.2, 0.25) is 0 Å². The molecule has 7 heteroatoms. The van der Waals surface area contributed by atoms with Gasteiger partial charge < -0.3 is 19.5 Å². The van der Waals surface area contributed by atoms with E-state index < -0.39 is 11.5 Å². The zero-order valence-electron chi connectivity index (χ0n) is 21.5. The third-order valence-corrected chi connectivity index (χ3v) is 7.69. The second-order valence-corrected chi connectivity index (χ2v) is 10.5. The molecule has 1 aliphatic rings. The molecule has 4 aromatic carbocycles. The first kappa shape index (κ1) is 27.2. The normalized spacial score (nSPS) is 19.4. The number of carbonyl (C=O) groups excluding carboxylic acids is 1. The molecular formula is C32H29Cl2NO4. The van der Waals surface area contributed by atoms with E-state index in [1.165, 1.54) is 0 Å². The highest BCUT2D eigenvalue weighted by Crippen LogP contribution is 2.40.